The van der Waals surface area contributed by atoms with Crippen LogP contribution in [0.5, 0.6) is 0 Å². The van der Waals surface area contributed by atoms with Gasteiger partial charge in [-0.25, -0.2) is 13.1 Å². The minimum absolute atomic E-state index is 0.0445. The summed E-state index contributed by atoms with van der Waals surface area (Å²) in [7, 11) is -1.77. The number of nitrogens with zero attached hydrogens (tertiary/aromatic N) is 5. The molecule has 3 aromatic rings. The summed E-state index contributed by atoms with van der Waals surface area (Å²) in [6.07, 6.45) is 6.97. The molecule has 2 fully saturated rings. The largest absolute Gasteiger partial charge is 0.339 e. The lowest BCUT2D eigenvalue weighted by Crippen LogP contribution is -2.39. The van der Waals surface area contributed by atoms with Crippen molar-refractivity contribution in [1.82, 2.24) is 24.2 Å². The van der Waals surface area contributed by atoms with Crippen molar-refractivity contribution in [3.05, 3.63) is 53.6 Å². The van der Waals surface area contributed by atoms with Crippen LogP contribution in [0.2, 0.25) is 0 Å². The van der Waals surface area contributed by atoms with Gasteiger partial charge in [-0.05, 0) is 74.6 Å². The molecule has 1 aromatic heterocycles. The average molecular weight is 496 g/mol. The summed E-state index contributed by atoms with van der Waals surface area (Å²) < 4.78 is 30.0. The molecule has 2 aliphatic rings. The Balaban J connectivity index is 1.25. The summed E-state index contributed by atoms with van der Waals surface area (Å²) in [6, 6.07) is 12.9. The first-order valence-corrected chi connectivity index (χ1v) is 14.0. The summed E-state index contributed by atoms with van der Waals surface area (Å²) in [6.45, 7) is 2.87. The summed E-state index contributed by atoms with van der Waals surface area (Å²) in [4.78, 5) is 15.0. The molecule has 1 aliphatic carbocycles. The summed E-state index contributed by atoms with van der Waals surface area (Å²) in [5.74, 6) is -0.0445. The number of carbonyl (C=O) groups excluding carboxylic acids is 1. The number of hydrogen-bond donors (Lipinski definition) is 0. The van der Waals surface area contributed by atoms with E-state index < -0.39 is 10.0 Å². The molecule has 2 heterocycles. The minimum atomic E-state index is -3.62. The zero-order chi connectivity index (χ0) is 24.6. The van der Waals surface area contributed by atoms with Crippen molar-refractivity contribution in [2.24, 2.45) is 0 Å². The zero-order valence-electron chi connectivity index (χ0n) is 20.4. The molecule has 0 bridgehead atoms. The molecule has 1 saturated heterocycles. The third kappa shape index (κ3) is 4.71. The van der Waals surface area contributed by atoms with E-state index in [-0.39, 0.29) is 22.9 Å². The molecule has 1 aliphatic heterocycles. The number of benzene rings is 2. The van der Waals surface area contributed by atoms with E-state index in [1.54, 1.807) is 24.3 Å². The fourth-order valence-corrected chi connectivity index (χ4v) is 6.87. The highest BCUT2D eigenvalue weighted by atomic mass is 32.2. The van der Waals surface area contributed by atoms with Gasteiger partial charge in [0.1, 0.15) is 5.52 Å². The highest BCUT2D eigenvalue weighted by molar-refractivity contribution is 7.89. The highest BCUT2D eigenvalue weighted by Gasteiger charge is 2.31. The molecular formula is C26H33N5O3S. The first-order chi connectivity index (χ1) is 16.8. The van der Waals surface area contributed by atoms with E-state index in [2.05, 4.69) is 10.3 Å². The first-order valence-electron chi connectivity index (χ1n) is 12.5. The van der Waals surface area contributed by atoms with Gasteiger partial charge in [-0.15, -0.1) is 5.10 Å². The molecule has 8 nitrogen and oxygen atoms in total. The molecule has 0 unspecified atom stereocenters. The molecule has 1 saturated carbocycles. The van der Waals surface area contributed by atoms with Gasteiger partial charge in [0.25, 0.3) is 5.91 Å². The van der Waals surface area contributed by atoms with Crippen molar-refractivity contribution in [1.29, 1.82) is 0 Å². The van der Waals surface area contributed by atoms with Gasteiger partial charge < -0.3 is 4.90 Å². The van der Waals surface area contributed by atoms with Crippen LogP contribution in [-0.2, 0) is 10.0 Å². The Morgan fingerprint density at radius 2 is 1.66 bits per heavy atom. The van der Waals surface area contributed by atoms with E-state index in [1.807, 2.05) is 41.8 Å². The van der Waals surface area contributed by atoms with Crippen LogP contribution in [0.15, 0.2) is 47.4 Å². The molecule has 0 N–H and O–H groups in total. The number of hydrogen-bond acceptors (Lipinski definition) is 5. The number of sulfonamides is 1. The standard InChI is InChI=1S/C26H33N5O3S/c1-19-8-13-25-24(18-19)27-28-31(25)22-14-16-30(17-15-22)35(33,34)23-11-9-20(10-12-23)26(32)29(2)21-6-4-3-5-7-21/h8-13,18,21-22H,3-7,14-17H2,1-2H3. The second kappa shape index (κ2) is 9.70. The fourth-order valence-electron chi connectivity index (χ4n) is 5.41. The second-order valence-corrected chi connectivity index (χ2v) is 11.8. The number of carbonyl (C=O) groups is 1. The molecule has 9 heteroatoms. The Morgan fingerprint density at radius 1 is 0.971 bits per heavy atom. The van der Waals surface area contributed by atoms with Crippen LogP contribution >= 0.6 is 0 Å². The van der Waals surface area contributed by atoms with Crippen LogP contribution < -0.4 is 0 Å². The summed E-state index contributed by atoms with van der Waals surface area (Å²) in [5.41, 5.74) is 3.52. The first kappa shape index (κ1) is 23.9. The van der Waals surface area contributed by atoms with Gasteiger partial charge in [0.2, 0.25) is 10.0 Å². The third-order valence-electron chi connectivity index (χ3n) is 7.58. The van der Waals surface area contributed by atoms with Crippen LogP contribution in [0.1, 0.15) is 66.9 Å². The highest BCUT2D eigenvalue weighted by Crippen LogP contribution is 2.29. The van der Waals surface area contributed by atoms with Gasteiger partial charge >= 0.3 is 0 Å². The Morgan fingerprint density at radius 3 is 2.34 bits per heavy atom. The monoisotopic (exact) mass is 495 g/mol. The average Bonchev–Trinajstić information content (AvgIpc) is 3.31. The predicted molar refractivity (Wildman–Crippen MR) is 135 cm³/mol. The quantitative estimate of drug-likeness (QED) is 0.530. The lowest BCUT2D eigenvalue weighted by Gasteiger charge is -2.32. The van der Waals surface area contributed by atoms with Crippen LogP contribution in [0.4, 0.5) is 0 Å². The molecule has 2 aromatic carbocycles. The number of aromatic nitrogens is 3. The van der Waals surface area contributed by atoms with Gasteiger partial charge in [-0.1, -0.05) is 30.5 Å². The smallest absolute Gasteiger partial charge is 0.253 e. The van der Waals surface area contributed by atoms with Crippen LogP contribution in [0.3, 0.4) is 0 Å². The van der Waals surface area contributed by atoms with E-state index in [0.717, 1.165) is 42.3 Å². The summed E-state index contributed by atoms with van der Waals surface area (Å²) in [5, 5.41) is 8.63. The lowest BCUT2D eigenvalue weighted by atomic mass is 9.94. The van der Waals surface area contributed by atoms with E-state index >= 15 is 0 Å². The van der Waals surface area contributed by atoms with Gasteiger partial charge in [-0.3, -0.25) is 4.79 Å². The van der Waals surface area contributed by atoms with Crippen molar-refractivity contribution < 1.29 is 13.2 Å². The zero-order valence-corrected chi connectivity index (χ0v) is 21.2. The maximum absolute atomic E-state index is 13.3. The van der Waals surface area contributed by atoms with Crippen LogP contribution in [0, 0.1) is 6.92 Å². The number of piperidine rings is 1. The van der Waals surface area contributed by atoms with Gasteiger partial charge in [0.15, 0.2) is 0 Å². The molecule has 186 valence electrons. The number of rotatable bonds is 5. The normalized spacial score (nSPS) is 18.7. The third-order valence-corrected chi connectivity index (χ3v) is 9.49. The molecule has 0 atom stereocenters. The fraction of sp³-hybridized carbons (Fsp3) is 0.500. The molecule has 35 heavy (non-hydrogen) atoms. The molecular weight excluding hydrogens is 462 g/mol. The van der Waals surface area contributed by atoms with Crippen molar-refractivity contribution in [2.75, 3.05) is 20.1 Å². The van der Waals surface area contributed by atoms with E-state index in [9.17, 15) is 13.2 Å². The topological polar surface area (TPSA) is 88.4 Å². The SMILES string of the molecule is Cc1ccc2c(c1)nnn2C1CCN(S(=O)(=O)c2ccc(C(=O)N(C)C3CCCCC3)cc2)CC1. The maximum atomic E-state index is 13.3. The Hall–Kier alpha value is -2.78. The van der Waals surface area contributed by atoms with Gasteiger partial charge in [0, 0.05) is 31.7 Å². The number of aryl methyl sites for hydroxylation is 1. The Labute approximate surface area is 207 Å². The predicted octanol–water partition coefficient (Wildman–Crippen LogP) is 4.17. The molecule has 1 amide bonds. The molecule has 5 rings (SSSR count). The Bertz CT molecular complexity index is 1300. The van der Waals surface area contributed by atoms with Gasteiger partial charge in [0.05, 0.1) is 16.5 Å². The van der Waals surface area contributed by atoms with Crippen LogP contribution in [-0.4, -0.2) is 64.7 Å². The van der Waals surface area contributed by atoms with E-state index in [4.69, 9.17) is 0 Å². The molecule has 0 radical (unpaired) electrons. The minimum Gasteiger partial charge on any atom is -0.339 e. The second-order valence-electron chi connectivity index (χ2n) is 9.89. The van der Waals surface area contributed by atoms with Crippen LogP contribution in [0.25, 0.3) is 11.0 Å². The Kier molecular flexibility index (Phi) is 6.63. The number of fused-ring (bicyclic) bond motifs is 1. The maximum Gasteiger partial charge on any atom is 0.253 e. The molecule has 0 spiro atoms. The van der Waals surface area contributed by atoms with E-state index in [0.29, 0.717) is 31.5 Å². The summed E-state index contributed by atoms with van der Waals surface area (Å²) >= 11 is 0. The van der Waals surface area contributed by atoms with Crippen molar-refractivity contribution >= 4 is 27.0 Å². The van der Waals surface area contributed by atoms with Crippen molar-refractivity contribution in [3.8, 4) is 0 Å². The van der Waals surface area contributed by atoms with Crippen molar-refractivity contribution in [2.45, 2.75) is 68.8 Å². The van der Waals surface area contributed by atoms with Gasteiger partial charge in [-0.2, -0.15) is 4.31 Å². The number of amides is 1. The van der Waals surface area contributed by atoms with E-state index in [1.165, 1.54) is 10.7 Å². The van der Waals surface area contributed by atoms with Crippen molar-refractivity contribution in [3.63, 3.8) is 0 Å². The lowest BCUT2D eigenvalue weighted by molar-refractivity contribution is 0.0696.